The van der Waals surface area contributed by atoms with Crippen LogP contribution >= 0.6 is 0 Å². The minimum absolute atomic E-state index is 0.276. The number of rotatable bonds is 4. The molecule has 0 bridgehead atoms. The van der Waals surface area contributed by atoms with Crippen molar-refractivity contribution in [2.75, 3.05) is 5.32 Å². The number of aryl methyl sites for hydroxylation is 3. The molecular formula is C16H18N6O. The summed E-state index contributed by atoms with van der Waals surface area (Å²) in [4.78, 5) is 16.3. The lowest BCUT2D eigenvalue weighted by molar-refractivity contribution is 0.101. The number of nitrogens with one attached hydrogen (secondary N) is 1. The number of hydrogen-bond donors (Lipinski definition) is 1. The van der Waals surface area contributed by atoms with Crippen LogP contribution in [0.1, 0.15) is 27.3 Å². The van der Waals surface area contributed by atoms with Crippen LogP contribution < -0.4 is 5.32 Å². The van der Waals surface area contributed by atoms with Crippen molar-refractivity contribution in [1.29, 1.82) is 0 Å². The monoisotopic (exact) mass is 310 g/mol. The third-order valence-electron chi connectivity index (χ3n) is 3.59. The predicted molar refractivity (Wildman–Crippen MR) is 86.2 cm³/mol. The Hall–Kier alpha value is -2.96. The summed E-state index contributed by atoms with van der Waals surface area (Å²) < 4.78 is 3.24. The Morgan fingerprint density at radius 2 is 2.00 bits per heavy atom. The van der Waals surface area contributed by atoms with E-state index in [1.807, 2.05) is 25.1 Å². The molecule has 1 amide bonds. The van der Waals surface area contributed by atoms with Crippen LogP contribution in [-0.4, -0.2) is 30.5 Å². The normalized spacial score (nSPS) is 10.7. The maximum atomic E-state index is 12.2. The summed E-state index contributed by atoms with van der Waals surface area (Å²) in [6, 6.07) is 9.82. The third kappa shape index (κ3) is 3.28. The fourth-order valence-corrected chi connectivity index (χ4v) is 2.38. The molecule has 0 aliphatic rings. The van der Waals surface area contributed by atoms with Crippen molar-refractivity contribution < 1.29 is 4.79 Å². The predicted octanol–water partition coefficient (Wildman–Crippen LogP) is 1.93. The number of hydrogen-bond acceptors (Lipinski definition) is 4. The van der Waals surface area contributed by atoms with Gasteiger partial charge in [-0.15, -0.1) is 5.10 Å². The van der Waals surface area contributed by atoms with Gasteiger partial charge >= 0.3 is 0 Å². The maximum absolute atomic E-state index is 12.2. The fourth-order valence-electron chi connectivity index (χ4n) is 2.38. The molecule has 1 aromatic carbocycles. The van der Waals surface area contributed by atoms with Gasteiger partial charge in [0.05, 0.1) is 12.2 Å². The highest BCUT2D eigenvalue weighted by atomic mass is 16.2. The number of benzene rings is 1. The van der Waals surface area contributed by atoms with E-state index < -0.39 is 0 Å². The van der Waals surface area contributed by atoms with Crippen LogP contribution in [-0.2, 0) is 13.6 Å². The molecule has 7 heteroatoms. The van der Waals surface area contributed by atoms with Crippen LogP contribution in [0.15, 0.2) is 36.7 Å². The number of amides is 1. The highest BCUT2D eigenvalue weighted by Gasteiger charge is 2.14. The van der Waals surface area contributed by atoms with Crippen molar-refractivity contribution in [3.8, 4) is 0 Å². The van der Waals surface area contributed by atoms with Gasteiger partial charge in [-0.2, -0.15) is 5.10 Å². The van der Waals surface area contributed by atoms with E-state index in [-0.39, 0.29) is 11.9 Å². The molecule has 0 saturated carbocycles. The molecule has 0 aliphatic carbocycles. The molecule has 1 N–H and O–H groups in total. The molecule has 0 radical (unpaired) electrons. The molecule has 3 aromatic rings. The zero-order chi connectivity index (χ0) is 16.4. The lowest BCUT2D eigenvalue weighted by Gasteiger charge is -2.04. The molecule has 0 unspecified atom stereocenters. The Bertz CT molecular complexity index is 848. The second kappa shape index (κ2) is 6.04. The molecule has 0 atom stereocenters. The Morgan fingerprint density at radius 1 is 1.22 bits per heavy atom. The van der Waals surface area contributed by atoms with Crippen LogP contribution in [0.3, 0.4) is 0 Å². The summed E-state index contributed by atoms with van der Waals surface area (Å²) in [7, 11) is 1.73. The number of nitrogens with zero attached hydrogens (tertiary/aromatic N) is 5. The van der Waals surface area contributed by atoms with E-state index in [9.17, 15) is 4.79 Å². The minimum Gasteiger partial charge on any atom is -0.288 e. The van der Waals surface area contributed by atoms with E-state index in [2.05, 4.69) is 33.5 Å². The molecule has 3 rings (SSSR count). The highest BCUT2D eigenvalue weighted by Crippen LogP contribution is 2.10. The van der Waals surface area contributed by atoms with Gasteiger partial charge in [0.15, 0.2) is 0 Å². The summed E-state index contributed by atoms with van der Waals surface area (Å²) in [5.74, 6) is 0.00387. The molecule has 7 nitrogen and oxygen atoms in total. The summed E-state index contributed by atoms with van der Waals surface area (Å²) in [6.45, 7) is 4.51. The molecule has 2 aromatic heterocycles. The molecule has 0 spiro atoms. The van der Waals surface area contributed by atoms with Gasteiger partial charge in [-0.25, -0.2) is 9.67 Å². The SMILES string of the molecule is Cc1cc(C(=O)Nc2ncn(Cc3ccccc3C)n2)n(C)n1. The number of carbonyl (C=O) groups is 1. The average molecular weight is 310 g/mol. The first-order valence-corrected chi connectivity index (χ1v) is 7.29. The smallest absolute Gasteiger partial charge is 0.276 e. The van der Waals surface area contributed by atoms with E-state index in [0.29, 0.717) is 12.2 Å². The van der Waals surface area contributed by atoms with Gasteiger partial charge in [0.25, 0.3) is 5.91 Å². The average Bonchev–Trinajstić information content (AvgIpc) is 3.07. The van der Waals surface area contributed by atoms with Crippen molar-refractivity contribution in [1.82, 2.24) is 24.5 Å². The fraction of sp³-hybridized carbons (Fsp3) is 0.250. The lowest BCUT2D eigenvalue weighted by atomic mass is 10.1. The first kappa shape index (κ1) is 15.0. The molecule has 0 saturated heterocycles. The van der Waals surface area contributed by atoms with E-state index in [0.717, 1.165) is 11.3 Å². The van der Waals surface area contributed by atoms with Crippen LogP contribution in [0.5, 0.6) is 0 Å². The zero-order valence-electron chi connectivity index (χ0n) is 13.3. The van der Waals surface area contributed by atoms with Crippen molar-refractivity contribution in [3.63, 3.8) is 0 Å². The maximum Gasteiger partial charge on any atom is 0.276 e. The largest absolute Gasteiger partial charge is 0.288 e. The van der Waals surface area contributed by atoms with Crippen molar-refractivity contribution in [2.24, 2.45) is 7.05 Å². The summed E-state index contributed by atoms with van der Waals surface area (Å²) >= 11 is 0. The Balaban J connectivity index is 1.71. The third-order valence-corrected chi connectivity index (χ3v) is 3.59. The second-order valence-corrected chi connectivity index (χ2v) is 5.44. The van der Waals surface area contributed by atoms with E-state index in [1.54, 1.807) is 24.1 Å². The standard InChI is InChI=1S/C16H18N6O/c1-11-6-4-5-7-13(11)9-22-10-17-16(20-22)18-15(23)14-8-12(2)19-21(14)3/h4-8,10H,9H2,1-3H3,(H,18,20,23). The van der Waals surface area contributed by atoms with Gasteiger partial charge in [0, 0.05) is 7.05 Å². The summed E-state index contributed by atoms with van der Waals surface area (Å²) in [5, 5.41) is 11.1. The Labute approximate surface area is 134 Å². The van der Waals surface area contributed by atoms with E-state index >= 15 is 0 Å². The van der Waals surface area contributed by atoms with Gasteiger partial charge in [-0.05, 0) is 31.0 Å². The van der Waals surface area contributed by atoms with Crippen molar-refractivity contribution in [3.05, 3.63) is 59.2 Å². The van der Waals surface area contributed by atoms with Gasteiger partial charge in [0.2, 0.25) is 5.95 Å². The van der Waals surface area contributed by atoms with Gasteiger partial charge in [-0.3, -0.25) is 14.8 Å². The molecule has 0 aliphatic heterocycles. The Morgan fingerprint density at radius 3 is 2.70 bits per heavy atom. The molecule has 0 fully saturated rings. The molecule has 23 heavy (non-hydrogen) atoms. The molecule has 118 valence electrons. The number of aromatic nitrogens is 5. The van der Waals surface area contributed by atoms with Crippen LogP contribution in [0.25, 0.3) is 0 Å². The summed E-state index contributed by atoms with van der Waals surface area (Å²) in [5.41, 5.74) is 3.62. The first-order chi connectivity index (χ1) is 11.0. The van der Waals surface area contributed by atoms with Crippen molar-refractivity contribution >= 4 is 11.9 Å². The second-order valence-electron chi connectivity index (χ2n) is 5.44. The molecular weight excluding hydrogens is 292 g/mol. The van der Waals surface area contributed by atoms with Crippen LogP contribution in [0.2, 0.25) is 0 Å². The van der Waals surface area contributed by atoms with E-state index in [1.165, 1.54) is 10.2 Å². The van der Waals surface area contributed by atoms with Crippen LogP contribution in [0, 0.1) is 13.8 Å². The molecule has 2 heterocycles. The highest BCUT2D eigenvalue weighted by molar-refractivity contribution is 6.02. The van der Waals surface area contributed by atoms with Crippen molar-refractivity contribution in [2.45, 2.75) is 20.4 Å². The topological polar surface area (TPSA) is 77.6 Å². The number of anilines is 1. The summed E-state index contributed by atoms with van der Waals surface area (Å²) in [6.07, 6.45) is 1.61. The minimum atomic E-state index is -0.276. The quantitative estimate of drug-likeness (QED) is 0.798. The van der Waals surface area contributed by atoms with Gasteiger partial charge in [-0.1, -0.05) is 24.3 Å². The zero-order valence-corrected chi connectivity index (χ0v) is 13.3. The number of carbonyl (C=O) groups excluding carboxylic acids is 1. The van der Waals surface area contributed by atoms with Gasteiger partial charge in [0.1, 0.15) is 12.0 Å². The lowest BCUT2D eigenvalue weighted by Crippen LogP contribution is -2.17. The Kier molecular flexibility index (Phi) is 3.92. The first-order valence-electron chi connectivity index (χ1n) is 7.29. The van der Waals surface area contributed by atoms with Crippen LogP contribution in [0.4, 0.5) is 5.95 Å². The van der Waals surface area contributed by atoms with Gasteiger partial charge < -0.3 is 0 Å². The van der Waals surface area contributed by atoms with E-state index in [4.69, 9.17) is 0 Å².